The third-order valence-electron chi connectivity index (χ3n) is 8.92. The second-order valence-corrected chi connectivity index (χ2v) is 15.1. The van der Waals surface area contributed by atoms with Crippen LogP contribution in [-0.2, 0) is 0 Å². The summed E-state index contributed by atoms with van der Waals surface area (Å²) in [7, 11) is 0. The smallest absolute Gasteiger partial charge is 0.269 e. The van der Waals surface area contributed by atoms with Crippen LogP contribution < -0.4 is 32.3 Å². The average molecular weight is 861 g/mol. The van der Waals surface area contributed by atoms with Crippen LogP contribution in [0.5, 0.6) is 0 Å². The molecule has 10 nitrogen and oxygen atoms in total. The van der Waals surface area contributed by atoms with Crippen molar-refractivity contribution in [3.63, 3.8) is 0 Å². The van der Waals surface area contributed by atoms with Crippen molar-refractivity contribution in [2.45, 2.75) is 12.8 Å². The molecule has 0 aliphatic rings. The molecule has 0 unspecified atom stereocenters. The summed E-state index contributed by atoms with van der Waals surface area (Å²) in [5.74, 6) is -1.09. The van der Waals surface area contributed by atoms with Crippen LogP contribution in [0.15, 0.2) is 109 Å². The number of carbonyl (C=O) groups is 2. The third-order valence-corrected chi connectivity index (χ3v) is 10.8. The van der Waals surface area contributed by atoms with Crippen LogP contribution in [-0.4, -0.2) is 32.0 Å². The van der Waals surface area contributed by atoms with Gasteiger partial charge in [0, 0.05) is 62.6 Å². The highest BCUT2D eigenvalue weighted by Gasteiger charge is 2.25. The fourth-order valence-corrected chi connectivity index (χ4v) is 7.11. The van der Waals surface area contributed by atoms with Crippen molar-refractivity contribution in [2.24, 2.45) is 0 Å². The normalized spacial score (nSPS) is 11.0. The van der Waals surface area contributed by atoms with Gasteiger partial charge in [-0.3, -0.25) is 31.3 Å². The molecule has 0 aliphatic carbocycles. The average Bonchev–Trinajstić information content (AvgIpc) is 3.80. The molecular formula is C40H30Cl4N8O2S2. The monoisotopic (exact) mass is 858 g/mol. The molecule has 0 fully saturated rings. The summed E-state index contributed by atoms with van der Waals surface area (Å²) in [6.07, 6.45) is 3.90. The second kappa shape index (κ2) is 16.8. The molecule has 0 aliphatic heterocycles. The van der Waals surface area contributed by atoms with Crippen LogP contribution in [0, 0.1) is 6.92 Å². The van der Waals surface area contributed by atoms with Crippen LogP contribution >= 0.6 is 70.8 Å². The fraction of sp³-hybridized carbons (Fsp3) is 0.0500. The predicted octanol–water partition coefficient (Wildman–Crippen LogP) is 10.0. The van der Waals surface area contributed by atoms with Gasteiger partial charge in [0.1, 0.15) is 0 Å². The Labute approximate surface area is 351 Å². The number of benzene rings is 5. The first kappa shape index (κ1) is 38.9. The third kappa shape index (κ3) is 8.71. The van der Waals surface area contributed by atoms with E-state index in [0.717, 1.165) is 44.1 Å². The summed E-state index contributed by atoms with van der Waals surface area (Å²) in [6.45, 7) is 2.03. The molecule has 16 heteroatoms. The molecule has 2 aromatic heterocycles. The zero-order valence-corrected chi connectivity index (χ0v) is 33.8. The minimum Gasteiger partial charge on any atom is -0.361 e. The molecule has 2 amide bonds. The van der Waals surface area contributed by atoms with Crippen LogP contribution in [0.25, 0.3) is 21.8 Å². The summed E-state index contributed by atoms with van der Waals surface area (Å²) < 4.78 is 0. The first-order chi connectivity index (χ1) is 26.9. The van der Waals surface area contributed by atoms with E-state index >= 15 is 0 Å². The lowest BCUT2D eigenvalue weighted by molar-refractivity contribution is 0.0936. The Balaban J connectivity index is 1.14. The van der Waals surface area contributed by atoms with Crippen molar-refractivity contribution in [3.8, 4) is 0 Å². The summed E-state index contributed by atoms with van der Waals surface area (Å²) in [6, 6.07) is 29.1. The first-order valence-electron chi connectivity index (χ1n) is 16.9. The predicted molar refractivity (Wildman–Crippen MR) is 235 cm³/mol. The Bertz CT molecular complexity index is 2500. The lowest BCUT2D eigenvalue weighted by Crippen LogP contribution is -2.43. The van der Waals surface area contributed by atoms with Gasteiger partial charge in [-0.1, -0.05) is 76.2 Å². The van der Waals surface area contributed by atoms with Crippen LogP contribution in [0.3, 0.4) is 0 Å². The number of aryl methyl sites for hydroxylation is 1. The number of thiocarbonyl (C=S) groups is 2. The molecule has 7 aromatic rings. The topological polar surface area (TPSA) is 138 Å². The summed E-state index contributed by atoms with van der Waals surface area (Å²) in [5.41, 5.74) is 18.5. The minimum atomic E-state index is -0.396. The highest BCUT2D eigenvalue weighted by molar-refractivity contribution is 7.80. The Morgan fingerprint density at radius 3 is 1.43 bits per heavy atom. The van der Waals surface area contributed by atoms with Gasteiger partial charge < -0.3 is 20.6 Å². The standard InChI is InChI=1S/C40H30Cl4N8O2S2/c1-20-2-4-21(5-3-20)36(28-18-45-34-12-6-22(14-26(28)34)37(53)49-51-39(55)47-24-8-10-30(41)32(43)16-24)29-19-46-35-13-7-23(15-27(29)35)38(54)50-52-40(56)48-25-9-11-31(42)33(44)17-25/h2-19,36,45-46H,1H3,(H,49,53)(H,50,54)(H2,47,51,55)(H2,48,52,56). The molecule has 0 saturated heterocycles. The zero-order chi connectivity index (χ0) is 39.5. The van der Waals surface area contributed by atoms with E-state index in [1.807, 2.05) is 43.6 Å². The molecule has 56 heavy (non-hydrogen) atoms. The van der Waals surface area contributed by atoms with Gasteiger partial charge in [-0.05, 0) is 121 Å². The summed E-state index contributed by atoms with van der Waals surface area (Å²) >= 11 is 35.0. The van der Waals surface area contributed by atoms with Gasteiger partial charge in [-0.15, -0.1) is 0 Å². The van der Waals surface area contributed by atoms with Gasteiger partial charge >= 0.3 is 0 Å². The van der Waals surface area contributed by atoms with Gasteiger partial charge in [0.2, 0.25) is 0 Å². The molecule has 2 heterocycles. The van der Waals surface area contributed by atoms with Crippen molar-refractivity contribution in [2.75, 3.05) is 10.6 Å². The van der Waals surface area contributed by atoms with Gasteiger partial charge in [0.25, 0.3) is 11.8 Å². The maximum Gasteiger partial charge on any atom is 0.269 e. The molecule has 7 rings (SSSR count). The lowest BCUT2D eigenvalue weighted by atomic mass is 9.84. The molecule has 0 atom stereocenters. The lowest BCUT2D eigenvalue weighted by Gasteiger charge is -2.18. The van der Waals surface area contributed by atoms with Crippen molar-refractivity contribution < 1.29 is 9.59 Å². The number of rotatable bonds is 7. The molecule has 0 radical (unpaired) electrons. The molecule has 282 valence electrons. The number of H-pyrrole nitrogens is 2. The first-order valence-corrected chi connectivity index (χ1v) is 19.2. The van der Waals surface area contributed by atoms with Crippen LogP contribution in [0.1, 0.15) is 48.9 Å². The SMILES string of the molecule is Cc1ccc(C(c2c[nH]c3ccc(C(=O)NNC(=S)Nc4ccc(Cl)c(Cl)c4)cc23)c2c[nH]c3ccc(C(=O)NNC(=S)Nc4ccc(Cl)c(Cl)c4)cc23)cc1. The number of halogens is 4. The van der Waals surface area contributed by atoms with Gasteiger partial charge in [-0.2, -0.15) is 0 Å². The molecular weight excluding hydrogens is 830 g/mol. The number of aromatic nitrogens is 2. The number of carbonyl (C=O) groups excluding carboxylic acids is 2. The van der Waals surface area contributed by atoms with E-state index in [0.29, 0.717) is 42.6 Å². The van der Waals surface area contributed by atoms with Crippen LogP contribution in [0.4, 0.5) is 11.4 Å². The van der Waals surface area contributed by atoms with E-state index in [9.17, 15) is 9.59 Å². The number of nitrogens with one attached hydrogen (secondary N) is 8. The van der Waals surface area contributed by atoms with E-state index in [1.54, 1.807) is 48.5 Å². The number of anilines is 2. The van der Waals surface area contributed by atoms with E-state index in [-0.39, 0.29) is 16.1 Å². The number of hydrogen-bond acceptors (Lipinski definition) is 4. The zero-order valence-electron chi connectivity index (χ0n) is 29.1. The van der Waals surface area contributed by atoms with E-state index in [4.69, 9.17) is 70.8 Å². The Morgan fingerprint density at radius 1 is 0.554 bits per heavy atom. The number of amides is 2. The van der Waals surface area contributed by atoms with Gasteiger partial charge in [0.15, 0.2) is 10.2 Å². The minimum absolute atomic E-state index is 0.158. The summed E-state index contributed by atoms with van der Waals surface area (Å²) in [5, 5.41) is 9.49. The van der Waals surface area contributed by atoms with Crippen molar-refractivity contribution in [3.05, 3.63) is 163 Å². The van der Waals surface area contributed by atoms with Crippen molar-refractivity contribution in [1.29, 1.82) is 0 Å². The molecule has 5 aromatic carbocycles. The maximum atomic E-state index is 13.4. The Morgan fingerprint density at radius 2 is 1.00 bits per heavy atom. The van der Waals surface area contributed by atoms with Crippen molar-refractivity contribution >= 4 is 126 Å². The molecule has 0 bridgehead atoms. The highest BCUT2D eigenvalue weighted by Crippen LogP contribution is 2.40. The largest absolute Gasteiger partial charge is 0.361 e. The Hall–Kier alpha value is -5.34. The van der Waals surface area contributed by atoms with Gasteiger partial charge in [-0.25, -0.2) is 0 Å². The van der Waals surface area contributed by atoms with E-state index < -0.39 is 11.8 Å². The Kier molecular flexibility index (Phi) is 11.7. The highest BCUT2D eigenvalue weighted by atomic mass is 35.5. The van der Waals surface area contributed by atoms with Gasteiger partial charge in [0.05, 0.1) is 20.1 Å². The number of hydrazine groups is 2. The van der Waals surface area contributed by atoms with E-state index in [1.165, 1.54) is 0 Å². The van der Waals surface area contributed by atoms with Crippen LogP contribution in [0.2, 0.25) is 20.1 Å². The van der Waals surface area contributed by atoms with E-state index in [2.05, 4.69) is 66.6 Å². The van der Waals surface area contributed by atoms with Crippen molar-refractivity contribution in [1.82, 2.24) is 31.7 Å². The quantitative estimate of drug-likeness (QED) is 0.0586. The number of aromatic amines is 2. The summed E-state index contributed by atoms with van der Waals surface area (Å²) in [4.78, 5) is 33.5. The number of fused-ring (bicyclic) bond motifs is 2. The fourth-order valence-electron chi connectivity index (χ4n) is 6.17. The maximum absolute atomic E-state index is 13.4. The molecule has 0 saturated carbocycles. The molecule has 8 N–H and O–H groups in total. The molecule has 0 spiro atoms. The number of hydrogen-bond donors (Lipinski definition) is 8. The second-order valence-electron chi connectivity index (χ2n) is 12.7.